The Bertz CT molecular complexity index is 529. The lowest BCUT2D eigenvalue weighted by molar-refractivity contribution is 0.0697. The second kappa shape index (κ2) is 4.40. The van der Waals surface area contributed by atoms with Crippen molar-refractivity contribution in [3.8, 4) is 11.3 Å². The maximum absolute atomic E-state index is 11.1. The molecule has 80 valence electrons. The van der Waals surface area contributed by atoms with E-state index in [1.54, 1.807) is 24.4 Å². The zero-order valence-electron chi connectivity index (χ0n) is 8.09. The van der Waals surface area contributed by atoms with E-state index in [1.165, 1.54) is 12.4 Å². The first-order chi connectivity index (χ1) is 7.68. The number of carboxylic acids is 1. The average Bonchev–Trinajstić information content (AvgIpc) is 2.30. The van der Waals surface area contributed by atoms with Gasteiger partial charge in [0.15, 0.2) is 0 Å². The van der Waals surface area contributed by atoms with Crippen LogP contribution in [-0.2, 0) is 0 Å². The molecule has 0 spiro atoms. The topological polar surface area (TPSA) is 63.1 Å². The normalized spacial score (nSPS) is 10.1. The van der Waals surface area contributed by atoms with Gasteiger partial charge in [-0.15, -0.1) is 0 Å². The van der Waals surface area contributed by atoms with Gasteiger partial charge in [0.2, 0.25) is 0 Å². The van der Waals surface area contributed by atoms with E-state index < -0.39 is 5.97 Å². The maximum atomic E-state index is 11.1. The number of hydrogen-bond donors (Lipinski definition) is 1. The van der Waals surface area contributed by atoms with Crippen molar-refractivity contribution in [3.63, 3.8) is 0 Å². The van der Waals surface area contributed by atoms with Crippen LogP contribution in [0.1, 0.15) is 10.4 Å². The fraction of sp³-hybridized carbons (Fsp3) is 0. The van der Waals surface area contributed by atoms with E-state index in [-0.39, 0.29) is 5.56 Å². The fourth-order valence-corrected chi connectivity index (χ4v) is 1.72. The highest BCUT2D eigenvalue weighted by molar-refractivity contribution is 9.10. The van der Waals surface area contributed by atoms with Crippen molar-refractivity contribution in [3.05, 3.63) is 46.8 Å². The Morgan fingerprint density at radius 2 is 2.12 bits per heavy atom. The average molecular weight is 279 g/mol. The highest BCUT2D eigenvalue weighted by Gasteiger charge is 2.12. The van der Waals surface area contributed by atoms with Gasteiger partial charge in [-0.25, -0.2) is 4.79 Å². The summed E-state index contributed by atoms with van der Waals surface area (Å²) in [7, 11) is 0. The predicted octanol–water partition coefficient (Wildman–Crippen LogP) is 2.60. The SMILES string of the molecule is O=C(O)c1cc(Br)ccc1-c1cnccn1. The lowest BCUT2D eigenvalue weighted by Crippen LogP contribution is -2.00. The zero-order chi connectivity index (χ0) is 11.5. The van der Waals surface area contributed by atoms with Crippen molar-refractivity contribution < 1.29 is 9.90 Å². The van der Waals surface area contributed by atoms with Crippen LogP contribution in [0, 0.1) is 0 Å². The number of aromatic nitrogens is 2. The van der Waals surface area contributed by atoms with Crippen LogP contribution >= 0.6 is 15.9 Å². The van der Waals surface area contributed by atoms with Gasteiger partial charge in [0.25, 0.3) is 0 Å². The fourth-order valence-electron chi connectivity index (χ4n) is 1.35. The first-order valence-corrected chi connectivity index (χ1v) is 5.27. The lowest BCUT2D eigenvalue weighted by atomic mass is 10.1. The van der Waals surface area contributed by atoms with Crippen molar-refractivity contribution in [1.29, 1.82) is 0 Å². The number of halogens is 1. The summed E-state index contributed by atoms with van der Waals surface area (Å²) in [6, 6.07) is 5.03. The summed E-state index contributed by atoms with van der Waals surface area (Å²) in [6.45, 7) is 0. The molecule has 1 N–H and O–H groups in total. The third-order valence-corrected chi connectivity index (χ3v) is 2.54. The monoisotopic (exact) mass is 278 g/mol. The molecule has 2 aromatic rings. The Morgan fingerprint density at radius 1 is 1.31 bits per heavy atom. The molecule has 1 aromatic carbocycles. The van der Waals surface area contributed by atoms with Crippen LogP contribution < -0.4 is 0 Å². The van der Waals surface area contributed by atoms with E-state index in [9.17, 15) is 4.79 Å². The number of benzene rings is 1. The van der Waals surface area contributed by atoms with Crippen LogP contribution in [0.25, 0.3) is 11.3 Å². The Morgan fingerprint density at radius 3 is 2.75 bits per heavy atom. The molecule has 0 unspecified atom stereocenters. The Labute approximate surface area is 100 Å². The summed E-state index contributed by atoms with van der Waals surface area (Å²) in [5.74, 6) is -0.984. The van der Waals surface area contributed by atoms with Gasteiger partial charge in [-0.1, -0.05) is 22.0 Å². The maximum Gasteiger partial charge on any atom is 0.336 e. The second-order valence-corrected chi connectivity index (χ2v) is 4.00. The first kappa shape index (κ1) is 10.8. The molecule has 0 bridgehead atoms. The van der Waals surface area contributed by atoms with Gasteiger partial charge in [0.05, 0.1) is 17.5 Å². The predicted molar refractivity (Wildman–Crippen MR) is 62.1 cm³/mol. The van der Waals surface area contributed by atoms with Crippen LogP contribution in [0.4, 0.5) is 0 Å². The quantitative estimate of drug-likeness (QED) is 0.917. The standard InChI is InChI=1S/C11H7BrN2O2/c12-7-1-2-8(9(5-7)11(15)16)10-6-13-3-4-14-10/h1-6H,(H,15,16). The van der Waals surface area contributed by atoms with E-state index in [0.717, 1.165) is 4.47 Å². The van der Waals surface area contributed by atoms with E-state index >= 15 is 0 Å². The van der Waals surface area contributed by atoms with E-state index in [4.69, 9.17) is 5.11 Å². The molecule has 2 rings (SSSR count). The molecule has 0 saturated heterocycles. The van der Waals surface area contributed by atoms with Crippen molar-refractivity contribution in [2.24, 2.45) is 0 Å². The molecule has 0 fully saturated rings. The molecule has 5 heteroatoms. The van der Waals surface area contributed by atoms with Crippen molar-refractivity contribution in [2.45, 2.75) is 0 Å². The first-order valence-electron chi connectivity index (χ1n) is 4.47. The van der Waals surface area contributed by atoms with Gasteiger partial charge in [0, 0.05) is 22.4 Å². The highest BCUT2D eigenvalue weighted by Crippen LogP contribution is 2.24. The van der Waals surface area contributed by atoms with E-state index in [2.05, 4.69) is 25.9 Å². The molecule has 4 nitrogen and oxygen atoms in total. The van der Waals surface area contributed by atoms with Gasteiger partial charge < -0.3 is 5.11 Å². The van der Waals surface area contributed by atoms with E-state index in [0.29, 0.717) is 11.3 Å². The molecule has 0 atom stereocenters. The van der Waals surface area contributed by atoms with Gasteiger partial charge in [-0.2, -0.15) is 0 Å². The van der Waals surface area contributed by atoms with Crippen molar-refractivity contribution >= 4 is 21.9 Å². The number of rotatable bonds is 2. The molecular weight excluding hydrogens is 272 g/mol. The molecule has 1 aromatic heterocycles. The molecule has 0 saturated carbocycles. The van der Waals surface area contributed by atoms with Crippen LogP contribution in [0.2, 0.25) is 0 Å². The van der Waals surface area contributed by atoms with Crippen LogP contribution in [0.3, 0.4) is 0 Å². The van der Waals surface area contributed by atoms with Crippen LogP contribution in [0.5, 0.6) is 0 Å². The Hall–Kier alpha value is -1.75. The second-order valence-electron chi connectivity index (χ2n) is 3.09. The number of carboxylic acid groups (broad SMARTS) is 1. The van der Waals surface area contributed by atoms with Gasteiger partial charge >= 0.3 is 5.97 Å². The van der Waals surface area contributed by atoms with Gasteiger partial charge in [-0.05, 0) is 12.1 Å². The Kier molecular flexibility index (Phi) is 2.96. The summed E-state index contributed by atoms with van der Waals surface area (Å²) in [5, 5.41) is 9.08. The molecule has 0 aliphatic rings. The summed E-state index contributed by atoms with van der Waals surface area (Å²) < 4.78 is 0.720. The minimum absolute atomic E-state index is 0.204. The number of aromatic carboxylic acids is 1. The molecule has 0 amide bonds. The molecule has 16 heavy (non-hydrogen) atoms. The van der Waals surface area contributed by atoms with Crippen LogP contribution in [0.15, 0.2) is 41.3 Å². The largest absolute Gasteiger partial charge is 0.478 e. The number of carbonyl (C=O) groups is 1. The molecular formula is C11H7BrN2O2. The minimum atomic E-state index is -0.984. The minimum Gasteiger partial charge on any atom is -0.478 e. The third-order valence-electron chi connectivity index (χ3n) is 2.05. The third kappa shape index (κ3) is 2.09. The summed E-state index contributed by atoms with van der Waals surface area (Å²) >= 11 is 3.24. The van der Waals surface area contributed by atoms with Crippen molar-refractivity contribution in [2.75, 3.05) is 0 Å². The zero-order valence-corrected chi connectivity index (χ0v) is 9.68. The Balaban J connectivity index is 2.61. The molecule has 0 aliphatic carbocycles. The molecule has 0 radical (unpaired) electrons. The van der Waals surface area contributed by atoms with Crippen LogP contribution in [-0.4, -0.2) is 21.0 Å². The van der Waals surface area contributed by atoms with E-state index in [1.807, 2.05) is 0 Å². The summed E-state index contributed by atoms with van der Waals surface area (Å²) in [4.78, 5) is 19.1. The smallest absolute Gasteiger partial charge is 0.336 e. The summed E-state index contributed by atoms with van der Waals surface area (Å²) in [6.07, 6.45) is 4.61. The highest BCUT2D eigenvalue weighted by atomic mass is 79.9. The van der Waals surface area contributed by atoms with Gasteiger partial charge in [0.1, 0.15) is 0 Å². The number of hydrogen-bond acceptors (Lipinski definition) is 3. The summed E-state index contributed by atoms with van der Waals surface area (Å²) in [5.41, 5.74) is 1.31. The van der Waals surface area contributed by atoms with Gasteiger partial charge in [-0.3, -0.25) is 9.97 Å². The molecule has 1 heterocycles. The molecule has 0 aliphatic heterocycles. The number of nitrogens with zero attached hydrogens (tertiary/aromatic N) is 2. The van der Waals surface area contributed by atoms with Crippen molar-refractivity contribution in [1.82, 2.24) is 9.97 Å². The lowest BCUT2D eigenvalue weighted by Gasteiger charge is -2.05.